The Hall–Kier alpha value is -1.42. The monoisotopic (exact) mass is 220 g/mol. The number of nitrogens with zero attached hydrogens (tertiary/aromatic N) is 2. The van der Waals surface area contributed by atoms with Crippen molar-refractivity contribution in [3.63, 3.8) is 0 Å². The van der Waals surface area contributed by atoms with Crippen molar-refractivity contribution in [2.24, 2.45) is 5.73 Å². The van der Waals surface area contributed by atoms with E-state index in [1.54, 1.807) is 6.20 Å². The van der Waals surface area contributed by atoms with Gasteiger partial charge in [0.15, 0.2) is 0 Å². The largest absolute Gasteiger partial charge is 0.382 e. The summed E-state index contributed by atoms with van der Waals surface area (Å²) in [5, 5.41) is 7.47. The standard InChI is InChI=1S/C12H20N4/c1-4-9(2)16(3)8-10-6-5-7-15-11(10)12(13)14/h5-7,9H,4,8H2,1-3H3,(H3,13,14). The Balaban J connectivity index is 2.84. The van der Waals surface area contributed by atoms with Crippen LogP contribution in [-0.2, 0) is 6.54 Å². The van der Waals surface area contributed by atoms with E-state index in [1.165, 1.54) is 0 Å². The van der Waals surface area contributed by atoms with Gasteiger partial charge in [0.25, 0.3) is 0 Å². The highest BCUT2D eigenvalue weighted by Gasteiger charge is 2.11. The lowest BCUT2D eigenvalue weighted by Crippen LogP contribution is -2.29. The van der Waals surface area contributed by atoms with Gasteiger partial charge in [-0.1, -0.05) is 13.0 Å². The Morgan fingerprint density at radius 3 is 2.88 bits per heavy atom. The van der Waals surface area contributed by atoms with Crippen molar-refractivity contribution in [1.29, 1.82) is 5.41 Å². The van der Waals surface area contributed by atoms with E-state index in [4.69, 9.17) is 11.1 Å². The summed E-state index contributed by atoms with van der Waals surface area (Å²) < 4.78 is 0. The van der Waals surface area contributed by atoms with E-state index in [0.717, 1.165) is 18.5 Å². The molecule has 1 aromatic rings. The molecule has 1 aromatic heterocycles. The maximum atomic E-state index is 7.47. The minimum atomic E-state index is 0.0353. The lowest BCUT2D eigenvalue weighted by Gasteiger charge is -2.24. The average molecular weight is 220 g/mol. The van der Waals surface area contributed by atoms with Gasteiger partial charge in [0, 0.05) is 18.8 Å². The molecule has 0 spiro atoms. The molecule has 1 rings (SSSR count). The first-order valence-corrected chi connectivity index (χ1v) is 5.54. The summed E-state index contributed by atoms with van der Waals surface area (Å²) in [6.07, 6.45) is 2.77. The second-order valence-electron chi connectivity index (χ2n) is 4.10. The molecule has 3 N–H and O–H groups in total. The maximum absolute atomic E-state index is 7.47. The van der Waals surface area contributed by atoms with Gasteiger partial charge < -0.3 is 5.73 Å². The summed E-state index contributed by atoms with van der Waals surface area (Å²) >= 11 is 0. The minimum Gasteiger partial charge on any atom is -0.382 e. The van der Waals surface area contributed by atoms with Crippen molar-refractivity contribution in [2.75, 3.05) is 7.05 Å². The summed E-state index contributed by atoms with van der Waals surface area (Å²) in [6, 6.07) is 4.37. The molecule has 4 nitrogen and oxygen atoms in total. The molecule has 0 amide bonds. The third-order valence-electron chi connectivity index (χ3n) is 2.91. The molecule has 0 aliphatic heterocycles. The van der Waals surface area contributed by atoms with Gasteiger partial charge in [-0.2, -0.15) is 0 Å². The quantitative estimate of drug-likeness (QED) is 0.585. The number of aromatic nitrogens is 1. The summed E-state index contributed by atoms with van der Waals surface area (Å²) in [7, 11) is 2.07. The number of hydrogen-bond donors (Lipinski definition) is 2. The number of amidine groups is 1. The molecule has 1 heterocycles. The molecule has 0 aliphatic carbocycles. The predicted octanol–water partition coefficient (Wildman–Crippen LogP) is 1.60. The lowest BCUT2D eigenvalue weighted by atomic mass is 10.1. The topological polar surface area (TPSA) is 66.0 Å². The first kappa shape index (κ1) is 12.6. The minimum absolute atomic E-state index is 0.0353. The van der Waals surface area contributed by atoms with E-state index in [-0.39, 0.29) is 5.84 Å². The van der Waals surface area contributed by atoms with Crippen LogP contribution < -0.4 is 5.73 Å². The van der Waals surface area contributed by atoms with Gasteiger partial charge in [-0.3, -0.25) is 15.3 Å². The van der Waals surface area contributed by atoms with E-state index in [0.29, 0.717) is 11.7 Å². The molecule has 0 saturated carbocycles. The molecule has 0 aromatic carbocycles. The van der Waals surface area contributed by atoms with Crippen LogP contribution in [0.25, 0.3) is 0 Å². The summed E-state index contributed by atoms with van der Waals surface area (Å²) in [4.78, 5) is 6.38. The Kier molecular flexibility index (Phi) is 4.43. The van der Waals surface area contributed by atoms with Crippen molar-refractivity contribution >= 4 is 5.84 Å². The highest BCUT2D eigenvalue weighted by atomic mass is 15.1. The number of rotatable bonds is 5. The molecule has 88 valence electrons. The van der Waals surface area contributed by atoms with Gasteiger partial charge in [0.2, 0.25) is 0 Å². The molecule has 0 radical (unpaired) electrons. The van der Waals surface area contributed by atoms with Crippen molar-refractivity contribution in [3.8, 4) is 0 Å². The predicted molar refractivity (Wildman–Crippen MR) is 66.5 cm³/mol. The second kappa shape index (κ2) is 5.61. The van der Waals surface area contributed by atoms with Crippen LogP contribution in [0.5, 0.6) is 0 Å². The van der Waals surface area contributed by atoms with Gasteiger partial charge in [-0.05, 0) is 32.0 Å². The van der Waals surface area contributed by atoms with E-state index >= 15 is 0 Å². The molecule has 0 aliphatic rings. The number of nitrogen functional groups attached to an aromatic ring is 1. The van der Waals surface area contributed by atoms with Crippen LogP contribution in [-0.4, -0.2) is 28.8 Å². The lowest BCUT2D eigenvalue weighted by molar-refractivity contribution is 0.243. The molecule has 0 bridgehead atoms. The zero-order valence-corrected chi connectivity index (χ0v) is 10.2. The number of hydrogen-bond acceptors (Lipinski definition) is 3. The normalized spacial score (nSPS) is 12.8. The fourth-order valence-electron chi connectivity index (χ4n) is 1.54. The van der Waals surface area contributed by atoms with Gasteiger partial charge >= 0.3 is 0 Å². The van der Waals surface area contributed by atoms with Gasteiger partial charge in [0.05, 0.1) is 0 Å². The van der Waals surface area contributed by atoms with Gasteiger partial charge in [0.1, 0.15) is 11.5 Å². The molecule has 16 heavy (non-hydrogen) atoms. The van der Waals surface area contributed by atoms with E-state index in [1.807, 2.05) is 12.1 Å². The smallest absolute Gasteiger partial charge is 0.142 e. The molecule has 1 unspecified atom stereocenters. The van der Waals surface area contributed by atoms with Crippen molar-refractivity contribution in [2.45, 2.75) is 32.9 Å². The first-order chi connectivity index (χ1) is 7.56. The van der Waals surface area contributed by atoms with Crippen LogP contribution in [0.4, 0.5) is 0 Å². The molecule has 1 atom stereocenters. The van der Waals surface area contributed by atoms with Crippen LogP contribution in [0.3, 0.4) is 0 Å². The molecular weight excluding hydrogens is 200 g/mol. The summed E-state index contributed by atoms with van der Waals surface area (Å²) in [5.41, 5.74) is 7.11. The highest BCUT2D eigenvalue weighted by molar-refractivity contribution is 5.94. The van der Waals surface area contributed by atoms with Crippen LogP contribution in [0, 0.1) is 5.41 Å². The summed E-state index contributed by atoms with van der Waals surface area (Å²) in [5.74, 6) is 0.0353. The molecule has 4 heteroatoms. The Morgan fingerprint density at radius 1 is 1.62 bits per heavy atom. The number of pyridine rings is 1. The van der Waals surface area contributed by atoms with Crippen LogP contribution >= 0.6 is 0 Å². The van der Waals surface area contributed by atoms with Crippen LogP contribution in [0.2, 0.25) is 0 Å². The SMILES string of the molecule is CCC(C)N(C)Cc1cccnc1C(=N)N. The number of nitrogens with one attached hydrogen (secondary N) is 1. The fraction of sp³-hybridized carbons (Fsp3) is 0.500. The molecule has 0 saturated heterocycles. The van der Waals surface area contributed by atoms with Gasteiger partial charge in [-0.25, -0.2) is 0 Å². The van der Waals surface area contributed by atoms with E-state index in [2.05, 4.69) is 30.8 Å². The maximum Gasteiger partial charge on any atom is 0.142 e. The third-order valence-corrected chi connectivity index (χ3v) is 2.91. The number of nitrogens with two attached hydrogens (primary N) is 1. The van der Waals surface area contributed by atoms with E-state index in [9.17, 15) is 0 Å². The van der Waals surface area contributed by atoms with Crippen LogP contribution in [0.1, 0.15) is 31.5 Å². The Morgan fingerprint density at radius 2 is 2.31 bits per heavy atom. The molecule has 0 fully saturated rings. The first-order valence-electron chi connectivity index (χ1n) is 5.54. The van der Waals surface area contributed by atoms with Crippen molar-refractivity contribution < 1.29 is 0 Å². The molecular formula is C12H20N4. The van der Waals surface area contributed by atoms with Crippen LogP contribution in [0.15, 0.2) is 18.3 Å². The van der Waals surface area contributed by atoms with Gasteiger partial charge in [-0.15, -0.1) is 0 Å². The summed E-state index contributed by atoms with van der Waals surface area (Å²) in [6.45, 7) is 5.12. The van der Waals surface area contributed by atoms with Crippen molar-refractivity contribution in [1.82, 2.24) is 9.88 Å². The third kappa shape index (κ3) is 3.03. The van der Waals surface area contributed by atoms with Crippen molar-refractivity contribution in [3.05, 3.63) is 29.6 Å². The Bertz CT molecular complexity index is 362. The average Bonchev–Trinajstić information content (AvgIpc) is 2.28. The zero-order valence-electron chi connectivity index (χ0n) is 10.2. The fourth-order valence-corrected chi connectivity index (χ4v) is 1.54. The second-order valence-corrected chi connectivity index (χ2v) is 4.10. The van der Waals surface area contributed by atoms with E-state index < -0.39 is 0 Å². The zero-order chi connectivity index (χ0) is 12.1. The Labute approximate surface area is 97.0 Å². The highest BCUT2D eigenvalue weighted by Crippen LogP contribution is 2.10.